The van der Waals surface area contributed by atoms with Crippen molar-refractivity contribution in [2.75, 3.05) is 39.4 Å². The highest BCUT2D eigenvalue weighted by atomic mass is 16.6. The van der Waals surface area contributed by atoms with E-state index in [0.717, 1.165) is 18.6 Å². The maximum Gasteiger partial charge on any atom is 0.102 e. The number of nitrogens with zero attached hydrogens (tertiary/aromatic N) is 2. The van der Waals surface area contributed by atoms with Crippen LogP contribution in [0.3, 0.4) is 0 Å². The first-order valence-corrected chi connectivity index (χ1v) is 12.6. The fourth-order valence-electron chi connectivity index (χ4n) is 4.42. The summed E-state index contributed by atoms with van der Waals surface area (Å²) in [5.74, 6) is 0. The number of likely N-dealkylation sites (N-methyl/N-ethyl adjacent to an activating group) is 1. The molecule has 174 valence electrons. The van der Waals surface area contributed by atoms with Gasteiger partial charge in [0.1, 0.15) is 13.1 Å². The van der Waals surface area contributed by atoms with Crippen LogP contribution in [0, 0.1) is 10.1 Å². The molecule has 0 spiro atoms. The third-order valence-corrected chi connectivity index (χ3v) is 6.58. The first-order valence-electron chi connectivity index (χ1n) is 12.6. The van der Waals surface area contributed by atoms with Gasteiger partial charge in [-0.05, 0) is 19.8 Å². The molecule has 0 aromatic heterocycles. The van der Waals surface area contributed by atoms with Crippen molar-refractivity contribution in [3.63, 3.8) is 0 Å². The Labute approximate surface area is 181 Å². The van der Waals surface area contributed by atoms with Crippen LogP contribution in [0.25, 0.3) is 0 Å². The monoisotopic (exact) mass is 414 g/mol. The summed E-state index contributed by atoms with van der Waals surface area (Å²) in [7, 11) is 0. The number of ether oxygens (including phenoxy) is 1. The first kappa shape index (κ1) is 28.3. The molecule has 0 unspecified atom stereocenters. The van der Waals surface area contributed by atoms with Gasteiger partial charge in [0.15, 0.2) is 0 Å². The summed E-state index contributed by atoms with van der Waals surface area (Å²) in [6, 6.07) is 0. The smallest absolute Gasteiger partial charge is 0.102 e. The number of hydrogen-bond acceptors (Lipinski definition) is 4. The highest BCUT2D eigenvalue weighted by Crippen LogP contribution is 2.16. The summed E-state index contributed by atoms with van der Waals surface area (Å²) in [5.41, 5.74) is 0. The molecule has 1 aliphatic heterocycles. The molecule has 0 amide bonds. The summed E-state index contributed by atoms with van der Waals surface area (Å²) in [5, 5.41) is 9.00. The van der Waals surface area contributed by atoms with Gasteiger partial charge in [-0.25, -0.2) is 0 Å². The predicted molar refractivity (Wildman–Crippen MR) is 125 cm³/mol. The maximum atomic E-state index is 8.00. The Kier molecular flexibility index (Phi) is 21.5. The van der Waals surface area contributed by atoms with Crippen LogP contribution in [-0.2, 0) is 4.74 Å². The van der Waals surface area contributed by atoms with Gasteiger partial charge >= 0.3 is 0 Å². The normalized spacial score (nSPS) is 15.5. The lowest BCUT2D eigenvalue weighted by Crippen LogP contribution is -2.55. The van der Waals surface area contributed by atoms with Gasteiger partial charge in [0.25, 0.3) is 0 Å². The molecule has 1 heterocycles. The topological polar surface area (TPSA) is 61.7 Å². The van der Waals surface area contributed by atoms with Gasteiger partial charge < -0.3 is 19.3 Å². The number of hydrogen-bond donors (Lipinski definition) is 0. The Morgan fingerprint density at radius 2 is 1.03 bits per heavy atom. The van der Waals surface area contributed by atoms with Crippen molar-refractivity contribution < 1.29 is 9.22 Å². The summed E-state index contributed by atoms with van der Waals surface area (Å²) in [4.78, 5) is 8.00. The Bertz CT molecular complexity index is 334. The van der Waals surface area contributed by atoms with E-state index in [-0.39, 0.29) is 0 Å². The lowest BCUT2D eigenvalue weighted by atomic mass is 10.0. The standard InChI is InChI=1S/C24H50NO.HNO2/c1-3-5-6-7-8-9-10-11-12-13-14-15-16-17-18-19-20-25(4-2)21-23-26-24-22-25;2-1-3/h3-24H2,1-2H3;(H,2,3)/q+1;/p-1. The largest absolute Gasteiger partial charge is 0.444 e. The van der Waals surface area contributed by atoms with Crippen molar-refractivity contribution in [3.8, 4) is 0 Å². The Balaban J connectivity index is 0.00000245. The highest BCUT2D eigenvalue weighted by Gasteiger charge is 2.27. The lowest BCUT2D eigenvalue weighted by molar-refractivity contribution is -0.933. The van der Waals surface area contributed by atoms with Crippen LogP contribution in [0.4, 0.5) is 0 Å². The molecule has 0 bridgehead atoms. The van der Waals surface area contributed by atoms with Crippen LogP contribution in [0.5, 0.6) is 0 Å². The minimum Gasteiger partial charge on any atom is -0.444 e. The highest BCUT2D eigenvalue weighted by molar-refractivity contribution is 4.52. The van der Waals surface area contributed by atoms with Gasteiger partial charge in [-0.2, -0.15) is 0 Å². The average Bonchev–Trinajstić information content (AvgIpc) is 2.74. The van der Waals surface area contributed by atoms with Crippen molar-refractivity contribution in [3.05, 3.63) is 10.1 Å². The minimum atomic E-state index is 0.979. The van der Waals surface area contributed by atoms with Crippen LogP contribution >= 0.6 is 0 Å². The van der Waals surface area contributed by atoms with Crippen LogP contribution in [0.2, 0.25) is 0 Å². The fraction of sp³-hybridized carbons (Fsp3) is 1.00. The molecule has 0 saturated carbocycles. The quantitative estimate of drug-likeness (QED) is 0.102. The molecule has 1 rings (SSSR count). The second kappa shape index (κ2) is 22.0. The zero-order valence-corrected chi connectivity index (χ0v) is 19.7. The molecule has 0 aromatic carbocycles. The number of quaternary nitrogens is 1. The zero-order chi connectivity index (χ0) is 21.5. The third kappa shape index (κ3) is 17.9. The van der Waals surface area contributed by atoms with E-state index >= 15 is 0 Å². The van der Waals surface area contributed by atoms with Gasteiger partial charge in [-0.15, -0.1) is 5.34 Å². The van der Waals surface area contributed by atoms with Crippen molar-refractivity contribution in [1.82, 2.24) is 0 Å². The first-order chi connectivity index (χ1) is 14.2. The van der Waals surface area contributed by atoms with Crippen molar-refractivity contribution in [1.29, 1.82) is 0 Å². The number of morpholine rings is 1. The van der Waals surface area contributed by atoms with Gasteiger partial charge in [0.05, 0.1) is 26.3 Å². The van der Waals surface area contributed by atoms with Gasteiger partial charge in [0.2, 0.25) is 0 Å². The molecule has 5 heteroatoms. The van der Waals surface area contributed by atoms with Crippen LogP contribution in [-0.4, -0.2) is 43.9 Å². The molecule has 5 nitrogen and oxygen atoms in total. The van der Waals surface area contributed by atoms with E-state index in [2.05, 4.69) is 13.8 Å². The average molecular weight is 415 g/mol. The van der Waals surface area contributed by atoms with E-state index in [0.29, 0.717) is 0 Å². The Hall–Kier alpha value is -0.680. The third-order valence-electron chi connectivity index (χ3n) is 6.58. The van der Waals surface area contributed by atoms with Crippen molar-refractivity contribution >= 4 is 0 Å². The predicted octanol–water partition coefficient (Wildman–Crippen LogP) is 7.37. The minimum absolute atomic E-state index is 0.979. The van der Waals surface area contributed by atoms with Crippen LogP contribution in [0.15, 0.2) is 5.34 Å². The molecule has 1 fully saturated rings. The zero-order valence-electron chi connectivity index (χ0n) is 19.7. The second-order valence-electron chi connectivity index (χ2n) is 8.82. The fourth-order valence-corrected chi connectivity index (χ4v) is 4.42. The van der Waals surface area contributed by atoms with E-state index in [9.17, 15) is 0 Å². The van der Waals surface area contributed by atoms with Gasteiger partial charge in [-0.3, -0.25) is 0 Å². The number of unbranched alkanes of at least 4 members (excludes halogenated alkanes) is 15. The van der Waals surface area contributed by atoms with Crippen LogP contribution in [0.1, 0.15) is 117 Å². The van der Waals surface area contributed by atoms with Crippen molar-refractivity contribution in [2.24, 2.45) is 5.34 Å². The van der Waals surface area contributed by atoms with E-state index in [1.54, 1.807) is 0 Å². The Morgan fingerprint density at radius 1 is 0.690 bits per heavy atom. The molecule has 1 saturated heterocycles. The molecule has 0 aromatic rings. The lowest BCUT2D eigenvalue weighted by Gasteiger charge is -2.40. The van der Waals surface area contributed by atoms with E-state index in [1.807, 2.05) is 0 Å². The molecule has 29 heavy (non-hydrogen) atoms. The SMILES string of the molecule is CCCCCCCCCCCCCCCCCC[N+]1(CC)CCOCC1.O=N[O-]. The molecule has 0 aliphatic carbocycles. The van der Waals surface area contributed by atoms with E-state index in [4.69, 9.17) is 14.9 Å². The summed E-state index contributed by atoms with van der Waals surface area (Å²) in [6.07, 6.45) is 23.4. The van der Waals surface area contributed by atoms with E-state index in [1.165, 1.54) is 133 Å². The van der Waals surface area contributed by atoms with E-state index < -0.39 is 0 Å². The van der Waals surface area contributed by atoms with Crippen molar-refractivity contribution in [2.45, 2.75) is 117 Å². The number of rotatable bonds is 18. The molecule has 0 N–H and O–H groups in total. The van der Waals surface area contributed by atoms with Gasteiger partial charge in [-0.1, -0.05) is 96.8 Å². The summed E-state index contributed by atoms with van der Waals surface area (Å²) < 4.78 is 6.86. The molecule has 1 aliphatic rings. The Morgan fingerprint density at radius 3 is 1.38 bits per heavy atom. The summed E-state index contributed by atoms with van der Waals surface area (Å²) >= 11 is 0. The molecule has 0 atom stereocenters. The van der Waals surface area contributed by atoms with Crippen LogP contribution < -0.4 is 0 Å². The molecular weight excluding hydrogens is 364 g/mol. The maximum absolute atomic E-state index is 8.00. The second-order valence-corrected chi connectivity index (χ2v) is 8.82. The van der Waals surface area contributed by atoms with Gasteiger partial charge in [0, 0.05) is 0 Å². The molecular formula is C24H50N2O3. The molecule has 0 radical (unpaired) electrons. The summed E-state index contributed by atoms with van der Waals surface area (Å²) in [6.45, 7) is 11.8.